The number of aromatic nitrogens is 2. The van der Waals surface area contributed by atoms with Crippen molar-refractivity contribution in [2.75, 3.05) is 19.7 Å². The van der Waals surface area contributed by atoms with Crippen molar-refractivity contribution in [3.05, 3.63) is 65.6 Å². The van der Waals surface area contributed by atoms with E-state index in [1.807, 2.05) is 91.0 Å². The minimum Gasteiger partial charge on any atom is -0.490 e. The number of aromatic amines is 2. The molecule has 0 saturated carbocycles. The lowest BCUT2D eigenvalue weighted by Crippen LogP contribution is -2.21. The molecule has 0 bridgehead atoms. The van der Waals surface area contributed by atoms with Gasteiger partial charge in [0.1, 0.15) is 17.9 Å². The fourth-order valence-corrected chi connectivity index (χ4v) is 1.94. The molecule has 5 nitrogen and oxygen atoms in total. The second-order valence-corrected chi connectivity index (χ2v) is 5.00. The van der Waals surface area contributed by atoms with E-state index in [4.69, 9.17) is 4.74 Å². The third-order valence-electron chi connectivity index (χ3n) is 3.03. The summed E-state index contributed by atoms with van der Waals surface area (Å²) < 4.78 is 5.63. The third-order valence-corrected chi connectivity index (χ3v) is 3.03. The maximum absolute atomic E-state index is 11.2. The van der Waals surface area contributed by atoms with Crippen molar-refractivity contribution in [3.8, 4) is 5.75 Å². The summed E-state index contributed by atoms with van der Waals surface area (Å²) in [7, 11) is 0. The molecular weight excluding hydrogens is 374 g/mol. The zero-order valence-electron chi connectivity index (χ0n) is 20.5. The smallest absolute Gasteiger partial charge is 0.323 e. The van der Waals surface area contributed by atoms with Gasteiger partial charge in [0.05, 0.1) is 5.52 Å². The van der Waals surface area contributed by atoms with Gasteiger partial charge in [0.15, 0.2) is 0 Å². The number of benzene rings is 1. The Bertz CT molecular complexity index is 712. The lowest BCUT2D eigenvalue weighted by molar-refractivity contribution is 0.317. The number of para-hydroxylation sites is 1. The first-order valence-corrected chi connectivity index (χ1v) is 11.2. The quantitative estimate of drug-likeness (QED) is 0.333. The molecule has 2 rings (SSSR count). The number of imidazole rings is 1. The van der Waals surface area contributed by atoms with Crippen molar-refractivity contribution in [1.29, 1.82) is 0 Å². The Kier molecular flexibility index (Phi) is 28.4. The molecular formula is C25H45N3O2. The van der Waals surface area contributed by atoms with E-state index in [1.165, 1.54) is 0 Å². The number of nitrogens with one attached hydrogen (secondary N) is 3. The van der Waals surface area contributed by atoms with Crippen LogP contribution in [-0.2, 0) is 0 Å². The summed E-state index contributed by atoms with van der Waals surface area (Å²) in [5.41, 5.74) is 1.29. The van der Waals surface area contributed by atoms with Crippen molar-refractivity contribution < 1.29 is 4.74 Å². The Hall–Kier alpha value is -2.53. The Morgan fingerprint density at radius 1 is 1.00 bits per heavy atom. The van der Waals surface area contributed by atoms with Gasteiger partial charge in [-0.15, -0.1) is 0 Å². The average molecular weight is 420 g/mol. The van der Waals surface area contributed by atoms with Gasteiger partial charge in [0.25, 0.3) is 0 Å². The predicted octanol–water partition coefficient (Wildman–Crippen LogP) is 6.62. The maximum Gasteiger partial charge on any atom is 0.323 e. The molecule has 5 heteroatoms. The molecule has 1 aromatic heterocycles. The molecule has 0 amide bonds. The topological polar surface area (TPSA) is 69.9 Å². The largest absolute Gasteiger partial charge is 0.490 e. The number of H-pyrrole nitrogens is 2. The molecule has 1 heterocycles. The van der Waals surface area contributed by atoms with Crippen molar-refractivity contribution in [3.63, 3.8) is 0 Å². The van der Waals surface area contributed by atoms with E-state index >= 15 is 0 Å². The van der Waals surface area contributed by atoms with Gasteiger partial charge < -0.3 is 20.0 Å². The molecule has 0 fully saturated rings. The van der Waals surface area contributed by atoms with Crippen LogP contribution in [0.2, 0.25) is 0 Å². The zero-order valence-corrected chi connectivity index (χ0v) is 20.5. The van der Waals surface area contributed by atoms with Crippen molar-refractivity contribution >= 4 is 11.0 Å². The van der Waals surface area contributed by atoms with Gasteiger partial charge in [-0.25, -0.2) is 4.79 Å². The highest BCUT2D eigenvalue weighted by Crippen LogP contribution is 2.20. The van der Waals surface area contributed by atoms with Crippen LogP contribution < -0.4 is 15.7 Å². The lowest BCUT2D eigenvalue weighted by atomic mass is 10.3. The van der Waals surface area contributed by atoms with Crippen LogP contribution >= 0.6 is 0 Å². The second kappa shape index (κ2) is 26.5. The normalized spacial score (nSPS) is 9.33. The summed E-state index contributed by atoms with van der Waals surface area (Å²) in [4.78, 5) is 16.6. The summed E-state index contributed by atoms with van der Waals surface area (Å²) in [6, 6.07) is 5.56. The first-order valence-electron chi connectivity index (χ1n) is 11.2. The Balaban J connectivity index is -0.000000473. The van der Waals surface area contributed by atoms with Gasteiger partial charge in [-0.3, -0.25) is 0 Å². The number of rotatable bonds is 8. The number of fused-ring (bicyclic) bond motifs is 1. The third kappa shape index (κ3) is 16.4. The van der Waals surface area contributed by atoms with Crippen molar-refractivity contribution in [2.45, 2.75) is 61.8 Å². The van der Waals surface area contributed by atoms with E-state index in [1.54, 1.807) is 6.08 Å². The van der Waals surface area contributed by atoms with E-state index in [9.17, 15) is 4.79 Å². The SMILES string of the molecule is C=C/C=C\C=C/C.CC.CC.CC.CCCNCCOc1cccc2[nH]c(=O)[nH]c12. The van der Waals surface area contributed by atoms with Crippen molar-refractivity contribution in [1.82, 2.24) is 15.3 Å². The van der Waals surface area contributed by atoms with Crippen LogP contribution in [-0.4, -0.2) is 29.7 Å². The zero-order chi connectivity index (χ0) is 23.6. The Morgan fingerprint density at radius 3 is 2.23 bits per heavy atom. The molecule has 0 unspecified atom stereocenters. The summed E-state index contributed by atoms with van der Waals surface area (Å²) in [6.45, 7) is 22.0. The first kappa shape index (κ1) is 32.1. The van der Waals surface area contributed by atoms with Gasteiger partial charge in [-0.2, -0.15) is 0 Å². The molecule has 0 radical (unpaired) electrons. The highest BCUT2D eigenvalue weighted by atomic mass is 16.5. The predicted molar refractivity (Wildman–Crippen MR) is 136 cm³/mol. The fourth-order valence-electron chi connectivity index (χ4n) is 1.94. The number of ether oxygens (including phenoxy) is 1. The van der Waals surface area contributed by atoms with Gasteiger partial charge in [0, 0.05) is 6.54 Å². The van der Waals surface area contributed by atoms with Crippen LogP contribution in [0.5, 0.6) is 5.75 Å². The summed E-state index contributed by atoms with van der Waals surface area (Å²) in [6.07, 6.45) is 10.6. The number of allylic oxidation sites excluding steroid dienone is 5. The standard InChI is InChI=1S/C12H17N3O2.C7H10.3C2H6/c1-2-6-13-7-8-17-10-5-3-4-9-11(10)15-12(16)14-9;1-3-5-7-6-4-2;3*1-2/h3-5,13H,2,6-8H2,1H3,(H2,14,15,16);3-7H,1H2,2H3;3*1-2H3/b;6-4-,7-5-;;;. The van der Waals surface area contributed by atoms with Crippen LogP contribution in [0.3, 0.4) is 0 Å². The molecule has 1 aromatic carbocycles. The maximum atomic E-state index is 11.2. The van der Waals surface area contributed by atoms with E-state index in [2.05, 4.69) is 28.8 Å². The molecule has 0 aliphatic carbocycles. The highest BCUT2D eigenvalue weighted by Gasteiger charge is 2.04. The molecule has 0 aliphatic rings. The highest BCUT2D eigenvalue weighted by molar-refractivity contribution is 5.80. The molecule has 0 saturated heterocycles. The summed E-state index contributed by atoms with van der Waals surface area (Å²) in [5, 5.41) is 3.25. The fraction of sp³-hybridized carbons (Fsp3) is 0.480. The number of hydrogen-bond acceptors (Lipinski definition) is 3. The van der Waals surface area contributed by atoms with E-state index in [0.717, 1.165) is 30.5 Å². The molecule has 2 aromatic rings. The summed E-state index contributed by atoms with van der Waals surface area (Å²) in [5.74, 6) is 0.708. The van der Waals surface area contributed by atoms with Crippen LogP contribution in [0.15, 0.2) is 60.0 Å². The van der Waals surface area contributed by atoms with Gasteiger partial charge >= 0.3 is 5.69 Å². The van der Waals surface area contributed by atoms with Crippen LogP contribution in [0.1, 0.15) is 61.8 Å². The first-order chi connectivity index (χ1) is 14.7. The minimum atomic E-state index is -0.208. The molecule has 3 N–H and O–H groups in total. The van der Waals surface area contributed by atoms with E-state index in [-0.39, 0.29) is 5.69 Å². The van der Waals surface area contributed by atoms with Crippen LogP contribution in [0.25, 0.3) is 11.0 Å². The molecule has 172 valence electrons. The lowest BCUT2D eigenvalue weighted by Gasteiger charge is -2.07. The minimum absolute atomic E-state index is 0.208. The molecule has 0 atom stereocenters. The Labute approximate surface area is 184 Å². The molecule has 0 spiro atoms. The van der Waals surface area contributed by atoms with Gasteiger partial charge in [-0.05, 0) is 32.0 Å². The van der Waals surface area contributed by atoms with E-state index < -0.39 is 0 Å². The number of hydrogen-bond donors (Lipinski definition) is 3. The summed E-state index contributed by atoms with van der Waals surface area (Å²) >= 11 is 0. The monoisotopic (exact) mass is 419 g/mol. The van der Waals surface area contributed by atoms with Crippen LogP contribution in [0.4, 0.5) is 0 Å². The van der Waals surface area contributed by atoms with Crippen LogP contribution in [0, 0.1) is 0 Å². The van der Waals surface area contributed by atoms with Gasteiger partial charge in [-0.1, -0.05) is 91.5 Å². The molecule has 0 aliphatic heterocycles. The Morgan fingerprint density at radius 2 is 1.67 bits per heavy atom. The van der Waals surface area contributed by atoms with E-state index in [0.29, 0.717) is 12.4 Å². The van der Waals surface area contributed by atoms with Crippen molar-refractivity contribution in [2.24, 2.45) is 0 Å². The second-order valence-electron chi connectivity index (χ2n) is 5.00. The van der Waals surface area contributed by atoms with Gasteiger partial charge in [0.2, 0.25) is 0 Å². The molecule has 30 heavy (non-hydrogen) atoms. The average Bonchev–Trinajstić information content (AvgIpc) is 3.19.